The predicted octanol–water partition coefficient (Wildman–Crippen LogP) is 5.97. The Balaban J connectivity index is 1.63. The van der Waals surface area contributed by atoms with Gasteiger partial charge in [0.05, 0.1) is 26.4 Å². The molecule has 0 aliphatic carbocycles. The lowest BCUT2D eigenvalue weighted by molar-refractivity contribution is -0.242. The van der Waals surface area contributed by atoms with Crippen LogP contribution >= 0.6 is 0 Å². The second kappa shape index (κ2) is 13.7. The third-order valence-electron chi connectivity index (χ3n) is 6.40. The molecule has 1 saturated heterocycles. The van der Waals surface area contributed by atoms with Crippen LogP contribution in [0.1, 0.15) is 37.5 Å². The zero-order chi connectivity index (χ0) is 27.7. The number of hydrogen-bond donors (Lipinski definition) is 0. The predicted molar refractivity (Wildman–Crippen MR) is 149 cm³/mol. The number of rotatable bonds is 10. The molecule has 1 aliphatic heterocycles. The lowest BCUT2D eigenvalue weighted by atomic mass is 9.99. The number of amides is 1. The minimum absolute atomic E-state index is 0.227. The Morgan fingerprint density at radius 3 is 1.59 bits per heavy atom. The molecule has 0 radical (unpaired) electrons. The van der Waals surface area contributed by atoms with Crippen molar-refractivity contribution >= 4 is 6.09 Å². The summed E-state index contributed by atoms with van der Waals surface area (Å²) >= 11 is 0. The summed E-state index contributed by atoms with van der Waals surface area (Å²) in [5, 5.41) is 0. The first-order chi connectivity index (χ1) is 18.8. The van der Waals surface area contributed by atoms with E-state index in [-0.39, 0.29) is 6.54 Å². The van der Waals surface area contributed by atoms with Crippen molar-refractivity contribution in [2.75, 3.05) is 13.7 Å². The van der Waals surface area contributed by atoms with E-state index >= 15 is 0 Å². The Labute approximate surface area is 231 Å². The molecule has 1 aliphatic rings. The number of benzene rings is 3. The van der Waals surface area contributed by atoms with Gasteiger partial charge in [-0.15, -0.1) is 0 Å². The minimum atomic E-state index is -0.735. The highest BCUT2D eigenvalue weighted by Gasteiger charge is 2.49. The SMILES string of the molecule is CO[C@H]1[C@@H](OCc2ccccc2)[C@H](OCc2ccccc2)[C@H](OCc2ccccc2)CN1C(=O)OC(C)(C)C. The monoisotopic (exact) mass is 533 g/mol. The molecule has 3 aromatic carbocycles. The highest BCUT2D eigenvalue weighted by atomic mass is 16.6. The van der Waals surface area contributed by atoms with Crippen molar-refractivity contribution in [3.05, 3.63) is 108 Å². The van der Waals surface area contributed by atoms with E-state index in [0.717, 1.165) is 16.7 Å². The first kappa shape index (κ1) is 28.8. The maximum Gasteiger partial charge on any atom is 0.412 e. The maximum atomic E-state index is 13.4. The van der Waals surface area contributed by atoms with Gasteiger partial charge in [-0.2, -0.15) is 0 Å². The Kier molecular flexibility index (Phi) is 10.1. The molecule has 208 valence electrons. The first-order valence-corrected chi connectivity index (χ1v) is 13.3. The first-order valence-electron chi connectivity index (χ1n) is 13.3. The van der Waals surface area contributed by atoms with Gasteiger partial charge in [0.1, 0.15) is 23.9 Å². The third-order valence-corrected chi connectivity index (χ3v) is 6.40. The van der Waals surface area contributed by atoms with Gasteiger partial charge in [-0.25, -0.2) is 4.79 Å². The number of nitrogens with zero attached hydrogens (tertiary/aromatic N) is 1. The molecular formula is C32H39NO6. The summed E-state index contributed by atoms with van der Waals surface area (Å²) < 4.78 is 31.1. The van der Waals surface area contributed by atoms with E-state index in [9.17, 15) is 4.79 Å². The molecule has 1 amide bonds. The van der Waals surface area contributed by atoms with Crippen LogP contribution in [0.15, 0.2) is 91.0 Å². The second-order valence-electron chi connectivity index (χ2n) is 10.6. The van der Waals surface area contributed by atoms with Crippen molar-refractivity contribution < 1.29 is 28.5 Å². The Hall–Kier alpha value is -3.23. The number of hydrogen-bond acceptors (Lipinski definition) is 6. The molecule has 4 atom stereocenters. The van der Waals surface area contributed by atoms with Crippen molar-refractivity contribution in [3.63, 3.8) is 0 Å². The fourth-order valence-electron chi connectivity index (χ4n) is 4.55. The van der Waals surface area contributed by atoms with E-state index in [4.69, 9.17) is 23.7 Å². The van der Waals surface area contributed by atoms with Crippen molar-refractivity contribution in [1.29, 1.82) is 0 Å². The lowest BCUT2D eigenvalue weighted by Gasteiger charge is -2.47. The molecule has 3 aromatic rings. The van der Waals surface area contributed by atoms with Gasteiger partial charge >= 0.3 is 6.09 Å². The molecule has 7 heteroatoms. The summed E-state index contributed by atoms with van der Waals surface area (Å²) in [6.07, 6.45) is -2.87. The van der Waals surface area contributed by atoms with Crippen LogP contribution in [-0.4, -0.2) is 54.8 Å². The van der Waals surface area contributed by atoms with Crippen LogP contribution in [0.2, 0.25) is 0 Å². The fourth-order valence-corrected chi connectivity index (χ4v) is 4.55. The number of carbonyl (C=O) groups is 1. The van der Waals surface area contributed by atoms with E-state index in [1.807, 2.05) is 112 Å². The lowest BCUT2D eigenvalue weighted by Crippen LogP contribution is -2.65. The normalized spacial score (nSPS) is 21.5. The second-order valence-corrected chi connectivity index (χ2v) is 10.6. The van der Waals surface area contributed by atoms with Crippen LogP contribution in [-0.2, 0) is 43.5 Å². The average Bonchev–Trinajstić information content (AvgIpc) is 2.94. The van der Waals surface area contributed by atoms with Gasteiger partial charge in [0.2, 0.25) is 0 Å². The number of methoxy groups -OCH3 is 1. The van der Waals surface area contributed by atoms with Gasteiger partial charge in [0, 0.05) is 7.11 Å². The molecule has 0 N–H and O–H groups in total. The van der Waals surface area contributed by atoms with Crippen LogP contribution in [0, 0.1) is 0 Å². The summed E-state index contributed by atoms with van der Waals surface area (Å²) in [5.41, 5.74) is 2.39. The molecule has 7 nitrogen and oxygen atoms in total. The maximum absolute atomic E-state index is 13.4. The van der Waals surface area contributed by atoms with Crippen molar-refractivity contribution in [1.82, 2.24) is 4.90 Å². The molecular weight excluding hydrogens is 494 g/mol. The highest BCUT2D eigenvalue weighted by molar-refractivity contribution is 5.68. The summed E-state index contributed by atoms with van der Waals surface area (Å²) in [5.74, 6) is 0. The largest absolute Gasteiger partial charge is 0.444 e. The van der Waals surface area contributed by atoms with E-state index in [1.165, 1.54) is 0 Å². The third kappa shape index (κ3) is 8.38. The van der Waals surface area contributed by atoms with Gasteiger partial charge in [-0.3, -0.25) is 4.90 Å². The smallest absolute Gasteiger partial charge is 0.412 e. The van der Waals surface area contributed by atoms with E-state index in [1.54, 1.807) is 12.0 Å². The number of likely N-dealkylation sites (tertiary alicyclic amines) is 1. The molecule has 4 rings (SSSR count). The number of carbonyl (C=O) groups excluding carboxylic acids is 1. The molecule has 0 aromatic heterocycles. The standard InChI is InChI=1S/C32H39NO6/c1-32(2,3)39-31(34)33-20-27(36-21-24-14-8-5-9-15-24)28(37-22-25-16-10-6-11-17-25)29(30(33)35-4)38-23-26-18-12-7-13-19-26/h5-19,27-30H,20-23H2,1-4H3/t27-,28-,29+,30+/m1/s1. The Morgan fingerprint density at radius 2 is 1.15 bits per heavy atom. The highest BCUT2D eigenvalue weighted by Crippen LogP contribution is 2.30. The average molecular weight is 534 g/mol. The molecule has 0 saturated carbocycles. The zero-order valence-electron chi connectivity index (χ0n) is 23.2. The summed E-state index contributed by atoms with van der Waals surface area (Å²) in [7, 11) is 1.57. The quantitative estimate of drug-likeness (QED) is 0.320. The van der Waals surface area contributed by atoms with Crippen molar-refractivity contribution in [3.8, 4) is 0 Å². The van der Waals surface area contributed by atoms with Crippen molar-refractivity contribution in [2.24, 2.45) is 0 Å². The fraction of sp³-hybridized carbons (Fsp3) is 0.406. The Bertz CT molecular complexity index is 1140. The van der Waals surface area contributed by atoms with Gasteiger partial charge in [-0.05, 0) is 37.5 Å². The van der Waals surface area contributed by atoms with E-state index in [2.05, 4.69) is 0 Å². The number of ether oxygens (including phenoxy) is 5. The summed E-state index contributed by atoms with van der Waals surface area (Å²) in [4.78, 5) is 14.9. The Morgan fingerprint density at radius 1 is 0.718 bits per heavy atom. The van der Waals surface area contributed by atoms with Gasteiger partial charge in [-0.1, -0.05) is 91.0 Å². The van der Waals surface area contributed by atoms with Crippen LogP contribution in [0.25, 0.3) is 0 Å². The molecule has 1 heterocycles. The molecule has 0 bridgehead atoms. The molecule has 1 fully saturated rings. The molecule has 0 unspecified atom stereocenters. The van der Waals surface area contributed by atoms with Crippen LogP contribution in [0.4, 0.5) is 4.79 Å². The summed E-state index contributed by atoms with van der Waals surface area (Å²) in [6, 6.07) is 29.8. The minimum Gasteiger partial charge on any atom is -0.444 e. The zero-order valence-corrected chi connectivity index (χ0v) is 23.2. The van der Waals surface area contributed by atoms with Crippen LogP contribution in [0.5, 0.6) is 0 Å². The summed E-state index contributed by atoms with van der Waals surface area (Å²) in [6.45, 7) is 6.81. The molecule has 0 spiro atoms. The van der Waals surface area contributed by atoms with E-state index in [0.29, 0.717) is 19.8 Å². The van der Waals surface area contributed by atoms with Crippen LogP contribution in [0.3, 0.4) is 0 Å². The van der Waals surface area contributed by atoms with E-state index < -0.39 is 36.2 Å². The van der Waals surface area contributed by atoms with Gasteiger partial charge in [0.25, 0.3) is 0 Å². The number of piperidine rings is 1. The van der Waals surface area contributed by atoms with Gasteiger partial charge in [0.15, 0.2) is 6.23 Å². The van der Waals surface area contributed by atoms with Crippen LogP contribution < -0.4 is 0 Å². The molecule has 39 heavy (non-hydrogen) atoms. The topological polar surface area (TPSA) is 66.5 Å². The van der Waals surface area contributed by atoms with Gasteiger partial charge < -0.3 is 23.7 Å². The van der Waals surface area contributed by atoms with Crippen molar-refractivity contribution in [2.45, 2.75) is 70.7 Å².